The van der Waals surface area contributed by atoms with Gasteiger partial charge in [-0.1, -0.05) is 174 Å². The van der Waals surface area contributed by atoms with Gasteiger partial charge in [-0.05, 0) is 12.8 Å². The first-order valence-corrected chi connectivity index (χ1v) is 17.7. The van der Waals surface area contributed by atoms with Gasteiger partial charge in [0.15, 0.2) is 0 Å². The van der Waals surface area contributed by atoms with Gasteiger partial charge in [0.2, 0.25) is 5.79 Å². The van der Waals surface area contributed by atoms with Crippen LogP contribution in [0.2, 0.25) is 0 Å². The summed E-state index contributed by atoms with van der Waals surface area (Å²) in [6.45, 7) is 4.49. The van der Waals surface area contributed by atoms with Crippen molar-refractivity contribution in [3.8, 4) is 0 Å². The zero-order valence-electron chi connectivity index (χ0n) is 26.9. The highest BCUT2D eigenvalue weighted by atomic mass is 16.8. The van der Waals surface area contributed by atoms with Gasteiger partial charge in [-0.15, -0.1) is 0 Å². The summed E-state index contributed by atoms with van der Waals surface area (Å²) in [6, 6.07) is 0. The van der Waals surface area contributed by atoms with Crippen molar-refractivity contribution < 1.29 is 29.3 Å². The molecule has 41 heavy (non-hydrogen) atoms. The number of carbonyl (C=O) groups is 2. The van der Waals surface area contributed by atoms with E-state index in [1.807, 2.05) is 0 Å². The number of carbonyl (C=O) groups excluding carboxylic acids is 2. The average Bonchev–Trinajstić information content (AvgIpc) is 3.34. The van der Waals surface area contributed by atoms with E-state index in [9.17, 15) is 19.8 Å². The SMILES string of the molecule is CCCCCCCCCCCCCCCC1OC(CCCCCCCCCCCCCCC)(C(=O)[O-])OC1C(=O)[O-]. The summed E-state index contributed by atoms with van der Waals surface area (Å²) in [5, 5.41) is 23.7. The summed E-state index contributed by atoms with van der Waals surface area (Å²) in [4.78, 5) is 23.7. The average molecular weight is 581 g/mol. The van der Waals surface area contributed by atoms with Crippen molar-refractivity contribution in [1.29, 1.82) is 0 Å². The molecule has 1 saturated heterocycles. The molecule has 0 saturated carbocycles. The molecule has 0 bridgehead atoms. The van der Waals surface area contributed by atoms with Crippen LogP contribution in [0.15, 0.2) is 0 Å². The molecule has 0 N–H and O–H groups in total. The third-order valence-electron chi connectivity index (χ3n) is 8.74. The minimum absolute atomic E-state index is 0.117. The van der Waals surface area contributed by atoms with Crippen molar-refractivity contribution in [1.82, 2.24) is 0 Å². The van der Waals surface area contributed by atoms with Crippen LogP contribution in [0.4, 0.5) is 0 Å². The number of unbranched alkanes of at least 4 members (excludes halogenated alkanes) is 24. The fraction of sp³-hybridized carbons (Fsp3) is 0.943. The number of carboxylic acids is 2. The van der Waals surface area contributed by atoms with Crippen LogP contribution in [0.3, 0.4) is 0 Å². The van der Waals surface area contributed by atoms with Crippen molar-refractivity contribution in [2.75, 3.05) is 0 Å². The third-order valence-corrected chi connectivity index (χ3v) is 8.74. The number of ether oxygens (including phenoxy) is 2. The Morgan fingerprint density at radius 1 is 0.512 bits per heavy atom. The van der Waals surface area contributed by atoms with Gasteiger partial charge in [-0.3, -0.25) is 0 Å². The molecule has 1 heterocycles. The van der Waals surface area contributed by atoms with Crippen LogP contribution in [0, 0.1) is 0 Å². The maximum Gasteiger partial charge on any atom is 0.210 e. The minimum atomic E-state index is -1.97. The van der Waals surface area contributed by atoms with E-state index in [2.05, 4.69) is 13.8 Å². The lowest BCUT2D eigenvalue weighted by molar-refractivity contribution is -0.350. The van der Waals surface area contributed by atoms with E-state index in [1.54, 1.807) is 0 Å². The molecule has 242 valence electrons. The van der Waals surface area contributed by atoms with Gasteiger partial charge < -0.3 is 29.3 Å². The van der Waals surface area contributed by atoms with E-state index < -0.39 is 29.9 Å². The Morgan fingerprint density at radius 3 is 1.20 bits per heavy atom. The summed E-state index contributed by atoms with van der Waals surface area (Å²) in [7, 11) is 0. The zero-order valence-corrected chi connectivity index (χ0v) is 26.9. The van der Waals surface area contributed by atoms with Crippen LogP contribution in [0.5, 0.6) is 0 Å². The van der Waals surface area contributed by atoms with Gasteiger partial charge in [0.05, 0.1) is 12.1 Å². The standard InChI is InChI=1S/C35H66O6/c1-3-5-7-9-11-13-15-17-19-21-23-25-27-29-31-32(33(36)37)41-35(40-31,34(38)39)30-28-26-24-22-20-18-16-14-12-10-8-6-4-2/h31-32H,3-30H2,1-2H3,(H,36,37)(H,38,39)/p-2. The number of hydrogen-bond donors (Lipinski definition) is 0. The molecule has 6 heteroatoms. The number of rotatable bonds is 30. The second-order valence-corrected chi connectivity index (χ2v) is 12.6. The Bertz CT molecular complexity index is 638. The lowest BCUT2D eigenvalue weighted by Gasteiger charge is -2.29. The lowest BCUT2D eigenvalue weighted by atomic mass is 10.0. The van der Waals surface area contributed by atoms with Crippen LogP contribution >= 0.6 is 0 Å². The first-order valence-electron chi connectivity index (χ1n) is 17.7. The van der Waals surface area contributed by atoms with Gasteiger partial charge in [0, 0.05) is 6.42 Å². The van der Waals surface area contributed by atoms with Gasteiger partial charge in [-0.2, -0.15) is 0 Å². The highest BCUT2D eigenvalue weighted by Gasteiger charge is 2.48. The van der Waals surface area contributed by atoms with Crippen LogP contribution in [-0.4, -0.2) is 29.9 Å². The Kier molecular flexibility index (Phi) is 23.4. The Balaban J connectivity index is 2.18. The smallest absolute Gasteiger partial charge is 0.210 e. The normalized spacial score (nSPS) is 20.5. The molecule has 0 aromatic rings. The second kappa shape index (κ2) is 25.4. The van der Waals surface area contributed by atoms with E-state index in [0.29, 0.717) is 12.8 Å². The maximum absolute atomic E-state index is 12.0. The summed E-state index contributed by atoms with van der Waals surface area (Å²) in [6.07, 6.45) is 29.9. The van der Waals surface area contributed by atoms with Gasteiger partial charge in [-0.25, -0.2) is 0 Å². The van der Waals surface area contributed by atoms with E-state index in [0.717, 1.165) is 38.5 Å². The molecule has 0 spiro atoms. The highest BCUT2D eigenvalue weighted by Crippen LogP contribution is 2.35. The fourth-order valence-corrected chi connectivity index (χ4v) is 6.08. The van der Waals surface area contributed by atoms with Gasteiger partial charge >= 0.3 is 0 Å². The van der Waals surface area contributed by atoms with Crippen LogP contribution in [0.1, 0.15) is 194 Å². The topological polar surface area (TPSA) is 98.7 Å². The lowest BCUT2D eigenvalue weighted by Crippen LogP contribution is -2.50. The minimum Gasteiger partial charge on any atom is -0.547 e. The molecule has 0 aromatic heterocycles. The van der Waals surface area contributed by atoms with Crippen molar-refractivity contribution in [3.63, 3.8) is 0 Å². The Morgan fingerprint density at radius 2 is 0.854 bits per heavy atom. The molecule has 1 aliphatic rings. The Hall–Kier alpha value is -1.14. The molecule has 3 atom stereocenters. The molecule has 0 amide bonds. The van der Waals surface area contributed by atoms with E-state index in [-0.39, 0.29) is 6.42 Å². The molecule has 1 rings (SSSR count). The summed E-state index contributed by atoms with van der Waals surface area (Å²) >= 11 is 0. The van der Waals surface area contributed by atoms with E-state index in [1.165, 1.54) is 122 Å². The monoisotopic (exact) mass is 580 g/mol. The van der Waals surface area contributed by atoms with E-state index >= 15 is 0 Å². The molecule has 1 fully saturated rings. The number of hydrogen-bond acceptors (Lipinski definition) is 6. The number of carboxylic acid groups (broad SMARTS) is 2. The first-order chi connectivity index (χ1) is 20.0. The molecule has 6 nitrogen and oxygen atoms in total. The van der Waals surface area contributed by atoms with Crippen LogP contribution < -0.4 is 10.2 Å². The molecular weight excluding hydrogens is 516 g/mol. The van der Waals surface area contributed by atoms with Crippen molar-refractivity contribution in [3.05, 3.63) is 0 Å². The highest BCUT2D eigenvalue weighted by molar-refractivity contribution is 5.77. The number of aliphatic carboxylic acids is 2. The summed E-state index contributed by atoms with van der Waals surface area (Å²) < 4.78 is 11.3. The molecule has 3 unspecified atom stereocenters. The van der Waals surface area contributed by atoms with Gasteiger partial charge in [0.1, 0.15) is 12.1 Å². The van der Waals surface area contributed by atoms with Crippen LogP contribution in [0.25, 0.3) is 0 Å². The molecule has 0 radical (unpaired) electrons. The van der Waals surface area contributed by atoms with Crippen molar-refractivity contribution in [2.24, 2.45) is 0 Å². The second-order valence-electron chi connectivity index (χ2n) is 12.6. The summed E-state index contributed by atoms with van der Waals surface area (Å²) in [5.74, 6) is -4.85. The summed E-state index contributed by atoms with van der Waals surface area (Å²) in [5.41, 5.74) is 0. The predicted octanol–water partition coefficient (Wildman–Crippen LogP) is 7.93. The predicted molar refractivity (Wildman–Crippen MR) is 163 cm³/mol. The van der Waals surface area contributed by atoms with E-state index in [4.69, 9.17) is 9.47 Å². The third kappa shape index (κ3) is 18.2. The Labute approximate surface area is 252 Å². The molecular formula is C35H64O6-2. The molecule has 1 aliphatic heterocycles. The van der Waals surface area contributed by atoms with Gasteiger partial charge in [0.25, 0.3) is 0 Å². The maximum atomic E-state index is 12.0. The first kappa shape index (κ1) is 37.9. The fourth-order valence-electron chi connectivity index (χ4n) is 6.08. The zero-order chi connectivity index (χ0) is 30.0. The molecule has 0 aromatic carbocycles. The quantitative estimate of drug-likeness (QED) is 0.0800. The van der Waals surface area contributed by atoms with Crippen molar-refractivity contribution in [2.45, 2.75) is 212 Å². The molecule has 0 aliphatic carbocycles. The van der Waals surface area contributed by atoms with Crippen molar-refractivity contribution >= 4 is 11.9 Å². The van der Waals surface area contributed by atoms with Crippen LogP contribution in [-0.2, 0) is 19.1 Å². The largest absolute Gasteiger partial charge is 0.547 e.